The number of hydrogen-bond acceptors (Lipinski definition) is 3. The smallest absolute Gasteiger partial charge is 0.320 e. The summed E-state index contributed by atoms with van der Waals surface area (Å²) in [6.07, 6.45) is 0.260. The van der Waals surface area contributed by atoms with E-state index in [1.165, 1.54) is 9.42 Å². The molecule has 25 heavy (non-hydrogen) atoms. The van der Waals surface area contributed by atoms with Crippen LogP contribution in [0.2, 0.25) is 0 Å². The monoisotopic (exact) mass is 407 g/mol. The second kappa shape index (κ2) is 6.07. The number of rotatable bonds is 1. The minimum atomic E-state index is -0.510. The minimum Gasteiger partial charge on any atom is -0.320 e. The number of pyridine rings is 1. The maximum atomic E-state index is 13.9. The van der Waals surface area contributed by atoms with Gasteiger partial charge in [0.05, 0.1) is 6.54 Å². The quantitative estimate of drug-likeness (QED) is 0.629. The molecule has 1 aromatic carbocycles. The van der Waals surface area contributed by atoms with Crippen LogP contribution in [0.5, 0.6) is 0 Å². The van der Waals surface area contributed by atoms with E-state index >= 15 is 0 Å². The van der Waals surface area contributed by atoms with Crippen molar-refractivity contribution in [3.8, 4) is 0 Å². The van der Waals surface area contributed by atoms with E-state index in [4.69, 9.17) is 0 Å². The molecule has 128 valence electrons. The van der Waals surface area contributed by atoms with E-state index in [1.54, 1.807) is 18.2 Å². The van der Waals surface area contributed by atoms with Crippen molar-refractivity contribution in [2.24, 2.45) is 0 Å². The molecule has 0 saturated heterocycles. The van der Waals surface area contributed by atoms with Crippen molar-refractivity contribution in [3.63, 3.8) is 0 Å². The molecule has 0 aliphatic carbocycles. The molecule has 0 unspecified atom stereocenters. The van der Waals surface area contributed by atoms with E-state index < -0.39 is 17.7 Å². The minimum absolute atomic E-state index is 0.00181. The summed E-state index contributed by atoms with van der Waals surface area (Å²) in [6.45, 7) is 0.290. The maximum Gasteiger partial charge on any atom is 0.324 e. The fraction of sp³-hybridized carbons (Fsp3) is 0.188. The normalized spacial score (nSPS) is 13.8. The van der Waals surface area contributed by atoms with Gasteiger partial charge >= 0.3 is 6.03 Å². The highest BCUT2D eigenvalue weighted by molar-refractivity contribution is 9.10. The number of hydrogen-bond donors (Lipinski definition) is 1. The van der Waals surface area contributed by atoms with E-state index in [0.717, 1.165) is 12.1 Å². The zero-order valence-electron chi connectivity index (χ0n) is 12.8. The van der Waals surface area contributed by atoms with Gasteiger partial charge in [-0.05, 0) is 52.2 Å². The van der Waals surface area contributed by atoms with Crippen molar-refractivity contribution in [2.75, 3.05) is 11.9 Å². The third kappa shape index (κ3) is 2.84. The molecular formula is C16H12BrF2N5O. The number of halogens is 3. The first-order valence-electron chi connectivity index (χ1n) is 7.56. The maximum absolute atomic E-state index is 13.9. The molecule has 0 bridgehead atoms. The van der Waals surface area contributed by atoms with E-state index in [-0.39, 0.29) is 31.0 Å². The molecule has 1 aliphatic rings. The summed E-state index contributed by atoms with van der Waals surface area (Å²) in [5, 5.41) is 6.79. The largest absolute Gasteiger partial charge is 0.324 e. The highest BCUT2D eigenvalue weighted by Gasteiger charge is 2.26. The van der Waals surface area contributed by atoms with Crippen LogP contribution >= 0.6 is 15.9 Å². The van der Waals surface area contributed by atoms with E-state index in [2.05, 4.69) is 31.3 Å². The first-order valence-corrected chi connectivity index (χ1v) is 8.35. The highest BCUT2D eigenvalue weighted by Crippen LogP contribution is 2.25. The molecular weight excluding hydrogens is 396 g/mol. The Labute approximate surface area is 149 Å². The summed E-state index contributed by atoms with van der Waals surface area (Å²) >= 11 is 3.35. The van der Waals surface area contributed by atoms with Crippen LogP contribution in [0.25, 0.3) is 5.65 Å². The Hall–Kier alpha value is -2.55. The number of carbonyl (C=O) groups is 1. The Bertz CT molecular complexity index is 990. The summed E-state index contributed by atoms with van der Waals surface area (Å²) in [7, 11) is 0. The molecule has 0 fully saturated rings. The van der Waals surface area contributed by atoms with Crippen molar-refractivity contribution in [1.82, 2.24) is 19.5 Å². The molecule has 6 nitrogen and oxygen atoms in total. The highest BCUT2D eigenvalue weighted by atomic mass is 79.9. The molecule has 1 aliphatic heterocycles. The molecule has 1 N–H and O–H groups in total. The molecule has 0 atom stereocenters. The topological polar surface area (TPSA) is 62.5 Å². The molecule has 3 aromatic rings. The zero-order valence-corrected chi connectivity index (χ0v) is 14.4. The first-order chi connectivity index (χ1) is 12.0. The average molecular weight is 408 g/mol. The third-order valence-electron chi connectivity index (χ3n) is 4.12. The average Bonchev–Trinajstić information content (AvgIpc) is 3.02. The number of nitrogens with zero attached hydrogens (tertiary/aromatic N) is 4. The predicted molar refractivity (Wildman–Crippen MR) is 90.2 cm³/mol. The van der Waals surface area contributed by atoms with Crippen LogP contribution in [0, 0.1) is 11.6 Å². The summed E-state index contributed by atoms with van der Waals surface area (Å²) in [5.74, 6) is -0.811. The number of anilines is 1. The molecule has 0 spiro atoms. The summed E-state index contributed by atoms with van der Waals surface area (Å²) < 4.78 is 29.9. The molecule has 4 rings (SSSR count). The summed E-state index contributed by atoms with van der Waals surface area (Å²) in [6, 6.07) is 7.09. The van der Waals surface area contributed by atoms with Crippen molar-refractivity contribution in [1.29, 1.82) is 0 Å². The SMILES string of the molecule is O=C(Nc1nc2cccc(Br)n2n1)N1CCc2c(F)ccc(F)c2C1. The van der Waals surface area contributed by atoms with Gasteiger partial charge in [-0.25, -0.2) is 18.1 Å². The van der Waals surface area contributed by atoms with Gasteiger partial charge in [-0.3, -0.25) is 5.32 Å². The van der Waals surface area contributed by atoms with Gasteiger partial charge in [0.2, 0.25) is 0 Å². The van der Waals surface area contributed by atoms with Crippen molar-refractivity contribution in [2.45, 2.75) is 13.0 Å². The van der Waals surface area contributed by atoms with Gasteiger partial charge in [0.1, 0.15) is 16.2 Å². The Kier molecular flexibility index (Phi) is 3.87. The van der Waals surface area contributed by atoms with Crippen LogP contribution in [-0.4, -0.2) is 32.1 Å². The summed E-state index contributed by atoms with van der Waals surface area (Å²) in [4.78, 5) is 18.1. The number of carbonyl (C=O) groups excluding carboxylic acids is 1. The second-order valence-electron chi connectivity index (χ2n) is 5.64. The van der Waals surface area contributed by atoms with Crippen LogP contribution in [-0.2, 0) is 13.0 Å². The number of nitrogens with one attached hydrogen (secondary N) is 1. The van der Waals surface area contributed by atoms with Gasteiger partial charge in [-0.2, -0.15) is 4.98 Å². The zero-order chi connectivity index (χ0) is 17.6. The van der Waals surface area contributed by atoms with Crippen molar-refractivity contribution in [3.05, 3.63) is 57.7 Å². The summed E-state index contributed by atoms with van der Waals surface area (Å²) in [5.41, 5.74) is 1.12. The number of amides is 2. The van der Waals surface area contributed by atoms with Crippen LogP contribution in [0.1, 0.15) is 11.1 Å². The van der Waals surface area contributed by atoms with Gasteiger partial charge < -0.3 is 4.90 Å². The first kappa shape index (κ1) is 15.9. The van der Waals surface area contributed by atoms with Crippen LogP contribution in [0.4, 0.5) is 19.5 Å². The molecule has 3 heterocycles. The second-order valence-corrected chi connectivity index (χ2v) is 6.45. The number of urea groups is 1. The standard InChI is InChI=1S/C16H12BrF2N5O/c17-13-2-1-3-14-20-15(22-24(13)14)21-16(25)23-7-6-9-10(8-23)12(19)5-4-11(9)18/h1-5H,6-8H2,(H,21,22,25). The lowest BCUT2D eigenvalue weighted by Crippen LogP contribution is -2.39. The third-order valence-corrected chi connectivity index (χ3v) is 4.72. The lowest BCUT2D eigenvalue weighted by molar-refractivity contribution is 0.204. The molecule has 9 heteroatoms. The predicted octanol–water partition coefficient (Wildman–Crippen LogP) is 3.36. The lowest BCUT2D eigenvalue weighted by atomic mass is 9.99. The lowest BCUT2D eigenvalue weighted by Gasteiger charge is -2.28. The number of fused-ring (bicyclic) bond motifs is 2. The van der Waals surface area contributed by atoms with E-state index in [0.29, 0.717) is 15.8 Å². The van der Waals surface area contributed by atoms with E-state index in [1.807, 2.05) is 0 Å². The molecule has 2 aromatic heterocycles. The number of benzene rings is 1. The van der Waals surface area contributed by atoms with Crippen LogP contribution < -0.4 is 5.32 Å². The molecule has 0 radical (unpaired) electrons. The molecule has 0 saturated carbocycles. The van der Waals surface area contributed by atoms with Gasteiger partial charge in [0.25, 0.3) is 5.95 Å². The Morgan fingerprint density at radius 2 is 1.92 bits per heavy atom. The fourth-order valence-corrected chi connectivity index (χ4v) is 3.28. The van der Waals surface area contributed by atoms with Gasteiger partial charge in [-0.15, -0.1) is 5.10 Å². The Balaban J connectivity index is 1.55. The van der Waals surface area contributed by atoms with Crippen LogP contribution in [0.15, 0.2) is 34.9 Å². The Morgan fingerprint density at radius 3 is 2.68 bits per heavy atom. The van der Waals surface area contributed by atoms with E-state index in [9.17, 15) is 13.6 Å². The van der Waals surface area contributed by atoms with Gasteiger partial charge in [-0.1, -0.05) is 6.07 Å². The van der Waals surface area contributed by atoms with Crippen LogP contribution in [0.3, 0.4) is 0 Å². The Morgan fingerprint density at radius 1 is 1.16 bits per heavy atom. The van der Waals surface area contributed by atoms with Gasteiger partial charge in [0.15, 0.2) is 5.65 Å². The van der Waals surface area contributed by atoms with Gasteiger partial charge in [0, 0.05) is 12.1 Å². The molecule has 2 amide bonds. The fourth-order valence-electron chi connectivity index (χ4n) is 2.87. The number of aromatic nitrogens is 3. The van der Waals surface area contributed by atoms with Crippen molar-refractivity contribution >= 4 is 33.6 Å². The van der Waals surface area contributed by atoms with Crippen molar-refractivity contribution < 1.29 is 13.6 Å².